The molecule has 0 atom stereocenters. The van der Waals surface area contributed by atoms with Crippen molar-refractivity contribution in [3.05, 3.63) is 84.1 Å². The van der Waals surface area contributed by atoms with Gasteiger partial charge in [-0.2, -0.15) is 0 Å². The van der Waals surface area contributed by atoms with Gasteiger partial charge in [0.2, 0.25) is 0 Å². The number of allylic oxidation sites excluding steroid dienone is 2. The summed E-state index contributed by atoms with van der Waals surface area (Å²) in [5, 5.41) is 1.16. The Hall–Kier alpha value is -2.87. The van der Waals surface area contributed by atoms with Gasteiger partial charge in [0.25, 0.3) is 0 Å². The first kappa shape index (κ1) is 13.1. The molecule has 0 bridgehead atoms. The van der Waals surface area contributed by atoms with Gasteiger partial charge in [-0.25, -0.2) is 4.98 Å². The molecular formula is C19H16N2. The maximum atomic E-state index is 5.66. The minimum atomic E-state index is 0.781. The zero-order valence-electron chi connectivity index (χ0n) is 11.6. The van der Waals surface area contributed by atoms with Crippen molar-refractivity contribution in [2.24, 2.45) is 0 Å². The predicted octanol–water partition coefficient (Wildman–Crippen LogP) is 4.54. The van der Waals surface area contributed by atoms with E-state index in [4.69, 9.17) is 5.73 Å². The summed E-state index contributed by atoms with van der Waals surface area (Å²) in [5.41, 5.74) is 9.53. The van der Waals surface area contributed by atoms with Crippen LogP contribution in [0.15, 0.2) is 72.8 Å². The summed E-state index contributed by atoms with van der Waals surface area (Å²) in [6.07, 6.45) is 8.03. The number of benzene rings is 2. The number of hydrogen-bond donors (Lipinski definition) is 1. The van der Waals surface area contributed by atoms with Crippen molar-refractivity contribution in [1.82, 2.24) is 4.98 Å². The third-order valence-corrected chi connectivity index (χ3v) is 3.22. The second-order valence-electron chi connectivity index (χ2n) is 4.81. The fraction of sp³-hybridized carbons (Fsp3) is 0. The summed E-state index contributed by atoms with van der Waals surface area (Å²) in [5.74, 6) is 0. The van der Waals surface area contributed by atoms with Crippen molar-refractivity contribution in [3.63, 3.8) is 0 Å². The highest BCUT2D eigenvalue weighted by atomic mass is 14.7. The molecule has 3 rings (SSSR count). The lowest BCUT2D eigenvalue weighted by molar-refractivity contribution is 1.37. The summed E-state index contributed by atoms with van der Waals surface area (Å²) < 4.78 is 0. The average Bonchev–Trinajstić information content (AvgIpc) is 2.53. The first-order valence-corrected chi connectivity index (χ1v) is 6.87. The Morgan fingerprint density at radius 1 is 0.762 bits per heavy atom. The van der Waals surface area contributed by atoms with Crippen LogP contribution < -0.4 is 5.73 Å². The quantitative estimate of drug-likeness (QED) is 0.561. The molecule has 0 unspecified atom stereocenters. The zero-order chi connectivity index (χ0) is 14.5. The molecule has 102 valence electrons. The normalized spacial score (nSPS) is 11.6. The largest absolute Gasteiger partial charge is 0.399 e. The number of para-hydroxylation sites is 1. The number of nitrogens with two attached hydrogens (primary N) is 1. The Morgan fingerprint density at radius 3 is 2.38 bits per heavy atom. The van der Waals surface area contributed by atoms with Gasteiger partial charge in [0.1, 0.15) is 0 Å². The molecular weight excluding hydrogens is 256 g/mol. The van der Waals surface area contributed by atoms with Crippen LogP contribution in [-0.4, -0.2) is 4.98 Å². The standard InChI is InChI=1S/C19H16N2/c20-17-12-9-15(10-13-17)5-1-3-7-18-14-11-16-6-2-4-8-19(16)21-18/h1-14H,20H2/b5-1+,7-3+. The molecule has 0 spiro atoms. The molecule has 21 heavy (non-hydrogen) atoms. The molecule has 1 heterocycles. The lowest BCUT2D eigenvalue weighted by Gasteiger charge is -1.97. The van der Waals surface area contributed by atoms with E-state index in [2.05, 4.69) is 17.1 Å². The number of pyridine rings is 1. The van der Waals surface area contributed by atoms with Crippen LogP contribution in [0, 0.1) is 0 Å². The van der Waals surface area contributed by atoms with Crippen LogP contribution in [-0.2, 0) is 0 Å². The van der Waals surface area contributed by atoms with Gasteiger partial charge in [0, 0.05) is 11.1 Å². The van der Waals surface area contributed by atoms with Crippen LogP contribution in [0.4, 0.5) is 5.69 Å². The molecule has 0 aliphatic rings. The number of rotatable bonds is 3. The van der Waals surface area contributed by atoms with E-state index < -0.39 is 0 Å². The summed E-state index contributed by atoms with van der Waals surface area (Å²) in [7, 11) is 0. The monoisotopic (exact) mass is 272 g/mol. The van der Waals surface area contributed by atoms with E-state index in [1.165, 1.54) is 0 Å². The minimum Gasteiger partial charge on any atom is -0.399 e. The highest BCUT2D eigenvalue weighted by Gasteiger charge is 1.93. The molecule has 2 N–H and O–H groups in total. The van der Waals surface area contributed by atoms with Gasteiger partial charge < -0.3 is 5.73 Å². The highest BCUT2D eigenvalue weighted by molar-refractivity contribution is 5.79. The van der Waals surface area contributed by atoms with E-state index in [9.17, 15) is 0 Å². The molecule has 0 saturated carbocycles. The van der Waals surface area contributed by atoms with Gasteiger partial charge in [-0.3, -0.25) is 0 Å². The maximum absolute atomic E-state index is 5.66. The Labute approximate surface area is 124 Å². The lowest BCUT2D eigenvalue weighted by atomic mass is 10.2. The number of anilines is 1. The summed E-state index contributed by atoms with van der Waals surface area (Å²) >= 11 is 0. The molecule has 2 nitrogen and oxygen atoms in total. The number of nitrogen functional groups attached to an aromatic ring is 1. The first-order valence-electron chi connectivity index (χ1n) is 6.87. The average molecular weight is 272 g/mol. The predicted molar refractivity (Wildman–Crippen MR) is 90.7 cm³/mol. The third kappa shape index (κ3) is 3.37. The van der Waals surface area contributed by atoms with Crippen molar-refractivity contribution in [3.8, 4) is 0 Å². The summed E-state index contributed by atoms with van der Waals surface area (Å²) in [6.45, 7) is 0. The van der Waals surface area contributed by atoms with E-state index in [1.807, 2.05) is 72.8 Å². The van der Waals surface area contributed by atoms with E-state index in [-0.39, 0.29) is 0 Å². The fourth-order valence-corrected chi connectivity index (χ4v) is 2.10. The number of hydrogen-bond acceptors (Lipinski definition) is 2. The molecule has 3 aromatic rings. The molecule has 0 radical (unpaired) electrons. The molecule has 0 aliphatic heterocycles. The van der Waals surface area contributed by atoms with Gasteiger partial charge in [-0.05, 0) is 35.9 Å². The smallest absolute Gasteiger partial charge is 0.0709 e. The molecule has 1 aromatic heterocycles. The van der Waals surface area contributed by atoms with E-state index in [1.54, 1.807) is 0 Å². The SMILES string of the molecule is Nc1ccc(/C=C/C=C/c2ccc3ccccc3n2)cc1. The van der Waals surface area contributed by atoms with Gasteiger partial charge in [0.05, 0.1) is 11.2 Å². The van der Waals surface area contributed by atoms with Crippen molar-refractivity contribution in [2.75, 3.05) is 5.73 Å². The van der Waals surface area contributed by atoms with E-state index in [0.29, 0.717) is 0 Å². The zero-order valence-corrected chi connectivity index (χ0v) is 11.6. The summed E-state index contributed by atoms with van der Waals surface area (Å²) in [6, 6.07) is 20.0. The molecule has 2 heteroatoms. The van der Waals surface area contributed by atoms with Crippen LogP contribution in [0.2, 0.25) is 0 Å². The van der Waals surface area contributed by atoms with Crippen molar-refractivity contribution < 1.29 is 0 Å². The third-order valence-electron chi connectivity index (χ3n) is 3.22. The lowest BCUT2D eigenvalue weighted by Crippen LogP contribution is -1.82. The van der Waals surface area contributed by atoms with Crippen LogP contribution in [0.5, 0.6) is 0 Å². The Balaban J connectivity index is 1.73. The second-order valence-corrected chi connectivity index (χ2v) is 4.81. The van der Waals surface area contributed by atoms with Crippen LogP contribution >= 0.6 is 0 Å². The van der Waals surface area contributed by atoms with Crippen molar-refractivity contribution >= 4 is 28.7 Å². The van der Waals surface area contributed by atoms with Crippen LogP contribution in [0.25, 0.3) is 23.1 Å². The Morgan fingerprint density at radius 2 is 1.52 bits per heavy atom. The maximum Gasteiger partial charge on any atom is 0.0709 e. The molecule has 0 aliphatic carbocycles. The molecule has 0 fully saturated rings. The highest BCUT2D eigenvalue weighted by Crippen LogP contribution is 2.13. The van der Waals surface area contributed by atoms with E-state index >= 15 is 0 Å². The summed E-state index contributed by atoms with van der Waals surface area (Å²) in [4.78, 5) is 4.59. The van der Waals surface area contributed by atoms with Crippen molar-refractivity contribution in [2.45, 2.75) is 0 Å². The molecule has 0 amide bonds. The topological polar surface area (TPSA) is 38.9 Å². The Kier molecular flexibility index (Phi) is 3.79. The number of nitrogens with zero attached hydrogens (tertiary/aromatic N) is 1. The number of aromatic nitrogens is 1. The van der Waals surface area contributed by atoms with Crippen LogP contribution in [0.1, 0.15) is 11.3 Å². The van der Waals surface area contributed by atoms with Crippen molar-refractivity contribution in [1.29, 1.82) is 0 Å². The van der Waals surface area contributed by atoms with Gasteiger partial charge in [0.15, 0.2) is 0 Å². The van der Waals surface area contributed by atoms with Crippen LogP contribution in [0.3, 0.4) is 0 Å². The number of fused-ring (bicyclic) bond motifs is 1. The minimum absolute atomic E-state index is 0.781. The van der Waals surface area contributed by atoms with E-state index in [0.717, 1.165) is 27.8 Å². The van der Waals surface area contributed by atoms with Gasteiger partial charge >= 0.3 is 0 Å². The Bertz CT molecular complexity index is 799. The molecule has 0 saturated heterocycles. The van der Waals surface area contributed by atoms with Gasteiger partial charge in [-0.15, -0.1) is 0 Å². The fourth-order valence-electron chi connectivity index (χ4n) is 2.10. The first-order chi connectivity index (χ1) is 10.3. The molecule has 2 aromatic carbocycles. The second kappa shape index (κ2) is 6.06. The van der Waals surface area contributed by atoms with Gasteiger partial charge in [-0.1, -0.05) is 54.6 Å².